The van der Waals surface area contributed by atoms with Crippen molar-refractivity contribution in [3.8, 4) is 10.7 Å². The van der Waals surface area contributed by atoms with Crippen LogP contribution >= 0.6 is 38.6 Å². The van der Waals surface area contributed by atoms with Gasteiger partial charge in [0.25, 0.3) is 0 Å². The molecule has 3 rings (SSSR count). The van der Waals surface area contributed by atoms with Crippen molar-refractivity contribution in [2.24, 2.45) is 0 Å². The monoisotopic (exact) mass is 384 g/mol. The molecule has 3 aromatic heterocycles. The largest absolute Gasteiger partial charge is 0.338 e. The fourth-order valence-electron chi connectivity index (χ4n) is 1.89. The fraction of sp³-hybridized carbons (Fsp3) is 0.308. The maximum absolute atomic E-state index is 5.31. The summed E-state index contributed by atoms with van der Waals surface area (Å²) < 4.78 is 6.34. The molecule has 0 unspecified atom stereocenters. The van der Waals surface area contributed by atoms with Crippen LogP contribution in [0.4, 0.5) is 0 Å². The Morgan fingerprint density at radius 1 is 1.24 bits per heavy atom. The van der Waals surface area contributed by atoms with Gasteiger partial charge in [-0.1, -0.05) is 5.16 Å². The van der Waals surface area contributed by atoms with E-state index in [2.05, 4.69) is 41.3 Å². The molecule has 0 saturated heterocycles. The molecule has 0 spiro atoms. The van der Waals surface area contributed by atoms with E-state index in [1.165, 1.54) is 0 Å². The van der Waals surface area contributed by atoms with E-state index in [1.54, 1.807) is 22.7 Å². The lowest BCUT2D eigenvalue weighted by Gasteiger charge is -2.11. The van der Waals surface area contributed by atoms with Gasteiger partial charge in [-0.05, 0) is 36.0 Å². The van der Waals surface area contributed by atoms with Gasteiger partial charge >= 0.3 is 0 Å². The van der Waals surface area contributed by atoms with E-state index in [-0.39, 0.29) is 0 Å². The van der Waals surface area contributed by atoms with Crippen LogP contribution < -0.4 is 0 Å². The highest BCUT2D eigenvalue weighted by molar-refractivity contribution is 9.10. The highest BCUT2D eigenvalue weighted by atomic mass is 79.9. The molecule has 0 aliphatic heterocycles. The number of nitrogens with zero attached hydrogens (tertiary/aromatic N) is 4. The first-order valence-corrected chi connectivity index (χ1v) is 8.82. The lowest BCUT2D eigenvalue weighted by Crippen LogP contribution is -2.17. The van der Waals surface area contributed by atoms with Crippen LogP contribution in [0.2, 0.25) is 0 Å². The minimum absolute atomic E-state index is 0.607. The normalized spacial score (nSPS) is 11.4. The van der Waals surface area contributed by atoms with E-state index in [4.69, 9.17) is 4.52 Å². The average Bonchev–Trinajstić information content (AvgIpc) is 3.12. The van der Waals surface area contributed by atoms with Gasteiger partial charge in [0.1, 0.15) is 0 Å². The number of rotatable bonds is 5. The van der Waals surface area contributed by atoms with Crippen LogP contribution in [0.3, 0.4) is 0 Å². The van der Waals surface area contributed by atoms with Crippen LogP contribution in [-0.2, 0) is 13.1 Å². The number of thiophene rings is 1. The molecule has 0 aliphatic rings. The van der Waals surface area contributed by atoms with Crippen LogP contribution in [0.15, 0.2) is 25.8 Å². The predicted octanol–water partition coefficient (Wildman–Crippen LogP) is 3.96. The first kappa shape index (κ1) is 14.8. The fourth-order valence-corrected chi connectivity index (χ4v) is 3.85. The molecular formula is C13H13BrN4OS2. The molecule has 0 bridgehead atoms. The van der Waals surface area contributed by atoms with Gasteiger partial charge in [-0.2, -0.15) is 4.98 Å². The Morgan fingerprint density at radius 3 is 2.76 bits per heavy atom. The zero-order valence-electron chi connectivity index (χ0n) is 11.5. The van der Waals surface area contributed by atoms with E-state index >= 15 is 0 Å². The van der Waals surface area contributed by atoms with Crippen molar-refractivity contribution in [1.29, 1.82) is 0 Å². The van der Waals surface area contributed by atoms with Crippen molar-refractivity contribution in [1.82, 2.24) is 20.0 Å². The number of halogens is 1. The predicted molar refractivity (Wildman–Crippen MR) is 87.3 cm³/mol. The van der Waals surface area contributed by atoms with E-state index in [0.29, 0.717) is 18.3 Å². The van der Waals surface area contributed by atoms with Crippen LogP contribution in [0, 0.1) is 6.92 Å². The second-order valence-electron chi connectivity index (χ2n) is 4.67. The van der Waals surface area contributed by atoms with Gasteiger partial charge in [0, 0.05) is 21.8 Å². The molecule has 3 aromatic rings. The maximum atomic E-state index is 5.31. The molecule has 110 valence electrons. The summed E-state index contributed by atoms with van der Waals surface area (Å²) >= 11 is 6.68. The number of thiazole rings is 1. The molecule has 0 aromatic carbocycles. The molecule has 21 heavy (non-hydrogen) atoms. The lowest BCUT2D eigenvalue weighted by atomic mass is 10.4. The van der Waals surface area contributed by atoms with Gasteiger partial charge in [-0.25, -0.2) is 4.98 Å². The first-order chi connectivity index (χ1) is 10.1. The molecule has 0 atom stereocenters. The van der Waals surface area contributed by atoms with Crippen LogP contribution in [-0.4, -0.2) is 27.1 Å². The van der Waals surface area contributed by atoms with Gasteiger partial charge in [0.05, 0.1) is 22.1 Å². The molecule has 0 saturated carbocycles. The molecule has 0 fully saturated rings. The van der Waals surface area contributed by atoms with Gasteiger partial charge in [-0.15, -0.1) is 22.7 Å². The van der Waals surface area contributed by atoms with Crippen molar-refractivity contribution in [3.63, 3.8) is 0 Å². The molecule has 0 amide bonds. The number of hydrogen-bond donors (Lipinski definition) is 0. The number of aryl methyl sites for hydroxylation is 1. The average molecular weight is 385 g/mol. The summed E-state index contributed by atoms with van der Waals surface area (Å²) in [5.41, 5.74) is 1.07. The van der Waals surface area contributed by atoms with Crippen molar-refractivity contribution >= 4 is 38.6 Å². The molecule has 5 nitrogen and oxygen atoms in total. The summed E-state index contributed by atoms with van der Waals surface area (Å²) in [6.07, 6.45) is 0. The van der Waals surface area contributed by atoms with Crippen molar-refractivity contribution < 1.29 is 4.52 Å². The smallest absolute Gasteiger partial charge is 0.241 e. The van der Waals surface area contributed by atoms with Crippen LogP contribution in [0.5, 0.6) is 0 Å². The lowest BCUT2D eigenvalue weighted by molar-refractivity contribution is 0.259. The highest BCUT2D eigenvalue weighted by Crippen LogP contribution is 2.27. The Hall–Kier alpha value is -1.09. The summed E-state index contributed by atoms with van der Waals surface area (Å²) in [6, 6.07) is 1.99. The van der Waals surface area contributed by atoms with Gasteiger partial charge < -0.3 is 4.52 Å². The maximum Gasteiger partial charge on any atom is 0.241 e. The van der Waals surface area contributed by atoms with Crippen molar-refractivity contribution in [2.75, 3.05) is 7.05 Å². The van der Waals surface area contributed by atoms with Gasteiger partial charge in [0.2, 0.25) is 11.7 Å². The zero-order chi connectivity index (χ0) is 14.8. The Kier molecular flexibility index (Phi) is 4.48. The second kappa shape index (κ2) is 6.35. The zero-order valence-corrected chi connectivity index (χ0v) is 14.8. The molecular weight excluding hydrogens is 372 g/mol. The Bertz CT molecular complexity index is 736. The topological polar surface area (TPSA) is 55.1 Å². The van der Waals surface area contributed by atoms with E-state index in [9.17, 15) is 0 Å². The third-order valence-electron chi connectivity index (χ3n) is 2.76. The Balaban J connectivity index is 1.64. The molecule has 3 heterocycles. The number of aromatic nitrogens is 3. The van der Waals surface area contributed by atoms with Crippen LogP contribution in [0.1, 0.15) is 16.6 Å². The SMILES string of the molecule is Cc1nc(CN(C)Cc2nc(-c3cc(Br)cs3)no2)cs1. The highest BCUT2D eigenvalue weighted by Gasteiger charge is 2.13. The molecule has 0 aliphatic carbocycles. The van der Waals surface area contributed by atoms with Crippen molar-refractivity contribution in [2.45, 2.75) is 20.0 Å². The quantitative estimate of drug-likeness (QED) is 0.666. The van der Waals surface area contributed by atoms with Crippen LogP contribution in [0.25, 0.3) is 10.7 Å². The van der Waals surface area contributed by atoms with Gasteiger partial charge in [0.15, 0.2) is 0 Å². The summed E-state index contributed by atoms with van der Waals surface area (Å²) in [5, 5.41) is 9.19. The summed E-state index contributed by atoms with van der Waals surface area (Å²) in [4.78, 5) is 12.0. The summed E-state index contributed by atoms with van der Waals surface area (Å²) in [5.74, 6) is 1.25. The third kappa shape index (κ3) is 3.76. The van der Waals surface area contributed by atoms with Gasteiger partial charge in [-0.3, -0.25) is 4.90 Å². The molecule has 8 heteroatoms. The minimum atomic E-state index is 0.607. The molecule has 0 N–H and O–H groups in total. The van der Waals surface area contributed by atoms with E-state index in [0.717, 1.165) is 26.6 Å². The standard InChI is InChI=1S/C13H13BrN4OS2/c1-8-15-10(7-20-8)4-18(2)5-12-16-13(17-19-12)11-3-9(14)6-21-11/h3,6-7H,4-5H2,1-2H3. The first-order valence-electron chi connectivity index (χ1n) is 6.26. The molecule has 0 radical (unpaired) electrons. The second-order valence-corrected chi connectivity index (χ2v) is 7.56. The van der Waals surface area contributed by atoms with Crippen molar-refractivity contribution in [3.05, 3.63) is 37.9 Å². The Morgan fingerprint density at radius 2 is 2.10 bits per heavy atom. The van der Waals surface area contributed by atoms with E-state index < -0.39 is 0 Å². The number of hydrogen-bond acceptors (Lipinski definition) is 7. The summed E-state index contributed by atoms with van der Waals surface area (Å²) in [6.45, 7) is 3.39. The Labute approximate surface area is 138 Å². The summed E-state index contributed by atoms with van der Waals surface area (Å²) in [7, 11) is 2.01. The van der Waals surface area contributed by atoms with E-state index in [1.807, 2.05) is 25.4 Å². The minimum Gasteiger partial charge on any atom is -0.338 e. The third-order valence-corrected chi connectivity index (χ3v) is 5.27.